The molecule has 0 aromatic carbocycles. The third-order valence-corrected chi connectivity index (χ3v) is 2.56. The Hall–Kier alpha value is -1.32. The lowest BCUT2D eigenvalue weighted by molar-refractivity contribution is -0.129. The minimum absolute atomic E-state index is 0.158. The molecule has 1 atom stereocenters. The van der Waals surface area contributed by atoms with Crippen LogP contribution >= 0.6 is 0 Å². The number of hydrogen-bond acceptors (Lipinski definition) is 2. The van der Waals surface area contributed by atoms with Crippen molar-refractivity contribution >= 4 is 5.91 Å². The van der Waals surface area contributed by atoms with Crippen molar-refractivity contribution in [3.8, 4) is 0 Å². The van der Waals surface area contributed by atoms with Gasteiger partial charge >= 0.3 is 0 Å². The molecule has 0 spiro atoms. The SMILES string of the molecule is CN1CCC(Cc2cnc[nH]2)C1=O. The van der Waals surface area contributed by atoms with Gasteiger partial charge in [-0.2, -0.15) is 0 Å². The van der Waals surface area contributed by atoms with E-state index in [1.807, 2.05) is 7.05 Å². The summed E-state index contributed by atoms with van der Waals surface area (Å²) in [6.07, 6.45) is 5.20. The molecule has 1 fully saturated rings. The fourth-order valence-electron chi connectivity index (χ4n) is 1.75. The van der Waals surface area contributed by atoms with E-state index in [9.17, 15) is 4.79 Å². The van der Waals surface area contributed by atoms with Crippen LogP contribution in [0.15, 0.2) is 12.5 Å². The maximum atomic E-state index is 11.5. The van der Waals surface area contributed by atoms with Crippen molar-refractivity contribution in [2.24, 2.45) is 5.92 Å². The molecule has 1 aliphatic rings. The van der Waals surface area contributed by atoms with Crippen LogP contribution in [0.4, 0.5) is 0 Å². The largest absolute Gasteiger partial charge is 0.348 e. The van der Waals surface area contributed by atoms with Gasteiger partial charge in [0.05, 0.1) is 6.33 Å². The first kappa shape index (κ1) is 8.29. The second-order valence-corrected chi connectivity index (χ2v) is 3.53. The van der Waals surface area contributed by atoms with Gasteiger partial charge in [-0.1, -0.05) is 0 Å². The lowest BCUT2D eigenvalue weighted by atomic mass is 10.0. The molecule has 2 heterocycles. The number of hydrogen-bond donors (Lipinski definition) is 1. The molecule has 4 nitrogen and oxygen atoms in total. The van der Waals surface area contributed by atoms with Crippen LogP contribution in [-0.4, -0.2) is 34.4 Å². The van der Waals surface area contributed by atoms with E-state index in [-0.39, 0.29) is 11.8 Å². The van der Waals surface area contributed by atoms with Gasteiger partial charge in [-0.25, -0.2) is 4.98 Å². The van der Waals surface area contributed by atoms with Crippen molar-refractivity contribution in [3.05, 3.63) is 18.2 Å². The Labute approximate surface area is 77.0 Å². The zero-order valence-corrected chi connectivity index (χ0v) is 7.66. The smallest absolute Gasteiger partial charge is 0.225 e. The maximum Gasteiger partial charge on any atom is 0.225 e. The summed E-state index contributed by atoms with van der Waals surface area (Å²) in [7, 11) is 1.86. The highest BCUT2D eigenvalue weighted by Crippen LogP contribution is 2.19. The van der Waals surface area contributed by atoms with Gasteiger partial charge in [0.25, 0.3) is 0 Å². The first-order chi connectivity index (χ1) is 6.27. The predicted octanol–water partition coefficient (Wildman–Crippen LogP) is 0.430. The molecule has 1 aromatic rings. The van der Waals surface area contributed by atoms with E-state index >= 15 is 0 Å². The van der Waals surface area contributed by atoms with Gasteiger partial charge in [0, 0.05) is 37.8 Å². The zero-order chi connectivity index (χ0) is 9.26. The number of carbonyl (C=O) groups excluding carboxylic acids is 1. The number of aromatic amines is 1. The van der Waals surface area contributed by atoms with E-state index in [1.165, 1.54) is 0 Å². The second-order valence-electron chi connectivity index (χ2n) is 3.53. The van der Waals surface area contributed by atoms with E-state index in [0.717, 1.165) is 25.1 Å². The van der Waals surface area contributed by atoms with E-state index in [0.29, 0.717) is 0 Å². The first-order valence-electron chi connectivity index (χ1n) is 4.49. The van der Waals surface area contributed by atoms with Gasteiger partial charge in [0.15, 0.2) is 0 Å². The Morgan fingerprint density at radius 3 is 3.15 bits per heavy atom. The monoisotopic (exact) mass is 179 g/mol. The van der Waals surface area contributed by atoms with Gasteiger partial charge < -0.3 is 9.88 Å². The summed E-state index contributed by atoms with van der Waals surface area (Å²) in [4.78, 5) is 20.3. The van der Waals surface area contributed by atoms with Crippen LogP contribution in [0.25, 0.3) is 0 Å². The molecular formula is C9H13N3O. The van der Waals surface area contributed by atoms with Crippen LogP contribution in [-0.2, 0) is 11.2 Å². The van der Waals surface area contributed by atoms with Gasteiger partial charge in [-0.3, -0.25) is 4.79 Å². The minimum Gasteiger partial charge on any atom is -0.348 e. The molecule has 1 aliphatic heterocycles. The summed E-state index contributed by atoms with van der Waals surface area (Å²) < 4.78 is 0. The number of carbonyl (C=O) groups is 1. The average molecular weight is 179 g/mol. The van der Waals surface area contributed by atoms with E-state index < -0.39 is 0 Å². The van der Waals surface area contributed by atoms with E-state index in [4.69, 9.17) is 0 Å². The van der Waals surface area contributed by atoms with Crippen LogP contribution in [0.3, 0.4) is 0 Å². The lowest BCUT2D eigenvalue weighted by Crippen LogP contribution is -2.23. The van der Waals surface area contributed by atoms with Crippen LogP contribution in [0.1, 0.15) is 12.1 Å². The number of rotatable bonds is 2. The molecule has 13 heavy (non-hydrogen) atoms. The van der Waals surface area contributed by atoms with Crippen molar-refractivity contribution in [3.63, 3.8) is 0 Å². The maximum absolute atomic E-state index is 11.5. The van der Waals surface area contributed by atoms with Crippen LogP contribution in [0, 0.1) is 5.92 Å². The standard InChI is InChI=1S/C9H13N3O/c1-12-3-2-7(9(12)13)4-8-5-10-6-11-8/h5-7H,2-4H2,1H3,(H,10,11). The third-order valence-electron chi connectivity index (χ3n) is 2.56. The van der Waals surface area contributed by atoms with Crippen LogP contribution < -0.4 is 0 Å². The molecule has 4 heteroatoms. The fraction of sp³-hybridized carbons (Fsp3) is 0.556. The van der Waals surface area contributed by atoms with Crippen molar-refractivity contribution in [1.82, 2.24) is 14.9 Å². The highest BCUT2D eigenvalue weighted by Gasteiger charge is 2.29. The van der Waals surface area contributed by atoms with Crippen molar-refractivity contribution in [1.29, 1.82) is 0 Å². The van der Waals surface area contributed by atoms with Crippen molar-refractivity contribution in [2.75, 3.05) is 13.6 Å². The van der Waals surface area contributed by atoms with E-state index in [1.54, 1.807) is 17.4 Å². The second kappa shape index (κ2) is 3.20. The lowest BCUT2D eigenvalue weighted by Gasteiger charge is -2.08. The van der Waals surface area contributed by atoms with Gasteiger partial charge in [-0.05, 0) is 6.42 Å². The number of nitrogens with zero attached hydrogens (tertiary/aromatic N) is 2. The summed E-state index contributed by atoms with van der Waals surface area (Å²) in [6.45, 7) is 0.887. The number of aromatic nitrogens is 2. The molecule has 1 unspecified atom stereocenters. The first-order valence-corrected chi connectivity index (χ1v) is 4.49. The highest BCUT2D eigenvalue weighted by atomic mass is 16.2. The molecule has 0 bridgehead atoms. The summed E-state index contributed by atoms with van der Waals surface area (Å²) >= 11 is 0. The van der Waals surface area contributed by atoms with Gasteiger partial charge in [-0.15, -0.1) is 0 Å². The molecule has 0 aliphatic carbocycles. The predicted molar refractivity (Wildman–Crippen MR) is 48.0 cm³/mol. The Bertz CT molecular complexity index is 294. The summed E-state index contributed by atoms with van der Waals surface area (Å²) in [6, 6.07) is 0. The molecule has 1 N–H and O–H groups in total. The number of H-pyrrole nitrogens is 1. The third kappa shape index (κ3) is 1.56. The Morgan fingerprint density at radius 1 is 1.77 bits per heavy atom. The van der Waals surface area contributed by atoms with Gasteiger partial charge in [0.2, 0.25) is 5.91 Å². The van der Waals surface area contributed by atoms with E-state index in [2.05, 4.69) is 9.97 Å². The number of nitrogens with one attached hydrogen (secondary N) is 1. The molecule has 0 saturated carbocycles. The minimum atomic E-state index is 0.158. The molecule has 70 valence electrons. The van der Waals surface area contributed by atoms with Crippen molar-refractivity contribution in [2.45, 2.75) is 12.8 Å². The summed E-state index contributed by atoms with van der Waals surface area (Å²) in [5.74, 6) is 0.417. The van der Waals surface area contributed by atoms with Crippen LogP contribution in [0.2, 0.25) is 0 Å². The number of likely N-dealkylation sites (tertiary alicyclic amines) is 1. The highest BCUT2D eigenvalue weighted by molar-refractivity contribution is 5.80. The fourth-order valence-corrected chi connectivity index (χ4v) is 1.75. The average Bonchev–Trinajstić information content (AvgIpc) is 2.71. The molecule has 1 aromatic heterocycles. The van der Waals surface area contributed by atoms with Crippen molar-refractivity contribution < 1.29 is 4.79 Å². The Morgan fingerprint density at radius 2 is 2.62 bits per heavy atom. The molecule has 0 radical (unpaired) electrons. The molecular weight excluding hydrogens is 166 g/mol. The zero-order valence-electron chi connectivity index (χ0n) is 7.66. The Kier molecular flexibility index (Phi) is 2.04. The Balaban J connectivity index is 2.00. The number of amides is 1. The topological polar surface area (TPSA) is 49.0 Å². The molecule has 2 rings (SSSR count). The molecule has 1 amide bonds. The van der Waals surface area contributed by atoms with Crippen LogP contribution in [0.5, 0.6) is 0 Å². The number of imidazole rings is 1. The summed E-state index contributed by atoms with van der Waals surface area (Å²) in [5.41, 5.74) is 1.05. The molecule has 1 saturated heterocycles. The van der Waals surface area contributed by atoms with Gasteiger partial charge in [0.1, 0.15) is 0 Å². The normalized spacial score (nSPS) is 22.7. The summed E-state index contributed by atoms with van der Waals surface area (Å²) in [5, 5.41) is 0. The quantitative estimate of drug-likeness (QED) is 0.715.